The molecular weight excluding hydrogens is 212 g/mol. The van der Waals surface area contributed by atoms with Crippen molar-refractivity contribution in [1.82, 2.24) is 0 Å². The van der Waals surface area contributed by atoms with Crippen LogP contribution in [0.25, 0.3) is 0 Å². The second-order valence-electron chi connectivity index (χ2n) is 3.71. The molecule has 2 heteroatoms. The Kier molecular flexibility index (Phi) is 6.81. The predicted molar refractivity (Wildman–Crippen MR) is 69.3 cm³/mol. The van der Waals surface area contributed by atoms with Gasteiger partial charge in [0, 0.05) is 6.42 Å². The van der Waals surface area contributed by atoms with Gasteiger partial charge in [-0.1, -0.05) is 42.2 Å². The maximum Gasteiger partial charge on any atom is 0.0717 e. The molecule has 0 saturated carbocycles. The van der Waals surface area contributed by atoms with E-state index < -0.39 is 6.10 Å². The van der Waals surface area contributed by atoms with Gasteiger partial charge in [0.05, 0.1) is 19.3 Å². The van der Waals surface area contributed by atoms with Gasteiger partial charge < -0.3 is 9.84 Å². The van der Waals surface area contributed by atoms with Crippen LogP contribution in [0, 0.1) is 11.8 Å². The Morgan fingerprint density at radius 1 is 1.35 bits per heavy atom. The van der Waals surface area contributed by atoms with Crippen molar-refractivity contribution in [2.75, 3.05) is 6.61 Å². The minimum atomic E-state index is -0.432. The van der Waals surface area contributed by atoms with Crippen LogP contribution in [0.3, 0.4) is 0 Å². The molecule has 17 heavy (non-hydrogen) atoms. The predicted octanol–water partition coefficient (Wildman–Crippen LogP) is 2.53. The van der Waals surface area contributed by atoms with E-state index >= 15 is 0 Å². The molecule has 0 amide bonds. The lowest BCUT2D eigenvalue weighted by molar-refractivity contribution is 0.126. The summed E-state index contributed by atoms with van der Waals surface area (Å²) in [6, 6.07) is 10.1. The molecule has 0 heterocycles. The third-order valence-corrected chi connectivity index (χ3v) is 2.04. The molecule has 1 aromatic rings. The molecule has 1 rings (SSSR count). The first-order valence-electron chi connectivity index (χ1n) is 5.74. The van der Waals surface area contributed by atoms with Gasteiger partial charge in [-0.3, -0.25) is 0 Å². The SMILES string of the molecule is CC(O)/C=C/C#CCCOCc1ccccc1. The average molecular weight is 230 g/mol. The van der Waals surface area contributed by atoms with E-state index in [1.54, 1.807) is 19.1 Å². The Morgan fingerprint density at radius 2 is 2.12 bits per heavy atom. The fraction of sp³-hybridized carbons (Fsp3) is 0.333. The molecule has 1 atom stereocenters. The molecule has 2 nitrogen and oxygen atoms in total. The van der Waals surface area contributed by atoms with Crippen molar-refractivity contribution in [1.29, 1.82) is 0 Å². The van der Waals surface area contributed by atoms with Crippen LogP contribution in [0.5, 0.6) is 0 Å². The van der Waals surface area contributed by atoms with Gasteiger partial charge in [0.2, 0.25) is 0 Å². The average Bonchev–Trinajstić information content (AvgIpc) is 2.33. The summed E-state index contributed by atoms with van der Waals surface area (Å²) in [5, 5.41) is 8.94. The number of rotatable bonds is 5. The van der Waals surface area contributed by atoms with E-state index in [2.05, 4.69) is 11.8 Å². The number of benzene rings is 1. The van der Waals surface area contributed by atoms with Crippen molar-refractivity contribution >= 4 is 0 Å². The molecular formula is C15H18O2. The third kappa shape index (κ3) is 7.35. The number of ether oxygens (including phenoxy) is 1. The van der Waals surface area contributed by atoms with Crippen LogP contribution in [0.1, 0.15) is 18.9 Å². The van der Waals surface area contributed by atoms with Gasteiger partial charge in [-0.05, 0) is 24.6 Å². The van der Waals surface area contributed by atoms with Crippen LogP contribution >= 0.6 is 0 Å². The normalized spacial score (nSPS) is 12.1. The van der Waals surface area contributed by atoms with Crippen molar-refractivity contribution < 1.29 is 9.84 Å². The first-order chi connectivity index (χ1) is 8.29. The van der Waals surface area contributed by atoms with Crippen LogP contribution in [0.4, 0.5) is 0 Å². The summed E-state index contributed by atoms with van der Waals surface area (Å²) in [7, 11) is 0. The van der Waals surface area contributed by atoms with Crippen LogP contribution in [-0.4, -0.2) is 17.8 Å². The van der Waals surface area contributed by atoms with Crippen molar-refractivity contribution in [3.63, 3.8) is 0 Å². The molecule has 90 valence electrons. The van der Waals surface area contributed by atoms with Crippen molar-refractivity contribution in [2.24, 2.45) is 0 Å². The quantitative estimate of drug-likeness (QED) is 0.622. The molecule has 0 radical (unpaired) electrons. The molecule has 0 aliphatic rings. The molecule has 0 bridgehead atoms. The summed E-state index contributed by atoms with van der Waals surface area (Å²) in [6.07, 6.45) is 3.59. The van der Waals surface area contributed by atoms with E-state index in [1.807, 2.05) is 30.3 Å². The fourth-order valence-electron chi connectivity index (χ4n) is 1.21. The topological polar surface area (TPSA) is 29.5 Å². The first kappa shape index (κ1) is 13.5. The van der Waals surface area contributed by atoms with Crippen molar-refractivity contribution in [3.05, 3.63) is 48.0 Å². The highest BCUT2D eigenvalue weighted by Crippen LogP contribution is 2.00. The Balaban J connectivity index is 2.09. The van der Waals surface area contributed by atoms with Crippen LogP contribution in [-0.2, 0) is 11.3 Å². The third-order valence-electron chi connectivity index (χ3n) is 2.04. The maximum absolute atomic E-state index is 8.94. The highest BCUT2D eigenvalue weighted by atomic mass is 16.5. The zero-order valence-corrected chi connectivity index (χ0v) is 10.1. The van der Waals surface area contributed by atoms with Crippen molar-refractivity contribution in [3.8, 4) is 11.8 Å². The number of hydrogen-bond acceptors (Lipinski definition) is 2. The summed E-state index contributed by atoms with van der Waals surface area (Å²) >= 11 is 0. The second kappa shape index (κ2) is 8.58. The molecule has 0 fully saturated rings. The zero-order chi connectivity index (χ0) is 12.3. The Labute approximate surface area is 103 Å². The Hall–Kier alpha value is -1.56. The molecule has 0 aliphatic heterocycles. The molecule has 0 aromatic heterocycles. The highest BCUT2D eigenvalue weighted by Gasteiger charge is 1.89. The van der Waals surface area contributed by atoms with Gasteiger partial charge in [-0.25, -0.2) is 0 Å². The smallest absolute Gasteiger partial charge is 0.0717 e. The van der Waals surface area contributed by atoms with E-state index in [9.17, 15) is 0 Å². The van der Waals surface area contributed by atoms with Gasteiger partial charge in [-0.15, -0.1) is 0 Å². The Bertz CT molecular complexity index is 382. The van der Waals surface area contributed by atoms with Gasteiger partial charge in [0.15, 0.2) is 0 Å². The summed E-state index contributed by atoms with van der Waals surface area (Å²) in [6.45, 7) is 2.96. The van der Waals surface area contributed by atoms with E-state index in [4.69, 9.17) is 9.84 Å². The van der Waals surface area contributed by atoms with Crippen LogP contribution in [0.15, 0.2) is 42.5 Å². The Morgan fingerprint density at radius 3 is 2.82 bits per heavy atom. The molecule has 0 aliphatic carbocycles. The lowest BCUT2D eigenvalue weighted by Gasteiger charge is -2.00. The second-order valence-corrected chi connectivity index (χ2v) is 3.71. The summed E-state index contributed by atoms with van der Waals surface area (Å²) in [4.78, 5) is 0. The van der Waals surface area contributed by atoms with Gasteiger partial charge >= 0.3 is 0 Å². The molecule has 1 aromatic carbocycles. The standard InChI is InChI=1S/C15H18O2/c1-14(16)9-5-2-3-8-12-17-13-15-10-6-4-7-11-15/h4-7,9-11,14,16H,8,12-13H2,1H3/b9-5+. The van der Waals surface area contributed by atoms with Gasteiger partial charge in [0.25, 0.3) is 0 Å². The van der Waals surface area contributed by atoms with E-state index in [1.165, 1.54) is 5.56 Å². The molecule has 1 unspecified atom stereocenters. The molecule has 0 saturated heterocycles. The fourth-order valence-corrected chi connectivity index (χ4v) is 1.21. The van der Waals surface area contributed by atoms with Crippen LogP contribution in [0.2, 0.25) is 0 Å². The van der Waals surface area contributed by atoms with Gasteiger partial charge in [-0.2, -0.15) is 0 Å². The minimum absolute atomic E-state index is 0.432. The largest absolute Gasteiger partial charge is 0.389 e. The van der Waals surface area contributed by atoms with E-state index in [0.29, 0.717) is 19.6 Å². The number of allylic oxidation sites excluding steroid dienone is 1. The lowest BCUT2D eigenvalue weighted by atomic mass is 10.2. The monoisotopic (exact) mass is 230 g/mol. The summed E-state index contributed by atoms with van der Waals surface area (Å²) in [5.41, 5.74) is 1.18. The number of hydrogen-bond donors (Lipinski definition) is 1. The summed E-state index contributed by atoms with van der Waals surface area (Å²) < 4.78 is 5.47. The molecule has 0 spiro atoms. The van der Waals surface area contributed by atoms with Crippen molar-refractivity contribution in [2.45, 2.75) is 26.1 Å². The lowest BCUT2D eigenvalue weighted by Crippen LogP contribution is -1.94. The number of aliphatic hydroxyl groups excluding tert-OH is 1. The molecule has 1 N–H and O–H groups in total. The summed E-state index contributed by atoms with van der Waals surface area (Å²) in [5.74, 6) is 5.80. The first-order valence-corrected chi connectivity index (χ1v) is 5.74. The zero-order valence-electron chi connectivity index (χ0n) is 10.1. The van der Waals surface area contributed by atoms with Gasteiger partial charge in [0.1, 0.15) is 0 Å². The van der Waals surface area contributed by atoms with E-state index in [-0.39, 0.29) is 0 Å². The van der Waals surface area contributed by atoms with E-state index in [0.717, 1.165) is 0 Å². The number of aliphatic hydroxyl groups is 1. The van der Waals surface area contributed by atoms with Crippen LogP contribution < -0.4 is 0 Å². The maximum atomic E-state index is 8.94. The minimum Gasteiger partial charge on any atom is -0.389 e. The highest BCUT2D eigenvalue weighted by molar-refractivity contribution is 5.16.